The Balaban J connectivity index is 1.60. The van der Waals surface area contributed by atoms with Crippen molar-refractivity contribution in [1.82, 2.24) is 9.97 Å². The smallest absolute Gasteiger partial charge is 0.161 e. The van der Waals surface area contributed by atoms with E-state index in [2.05, 4.69) is 43.9 Å². The maximum Gasteiger partial charge on any atom is 0.161 e. The lowest BCUT2D eigenvalue weighted by Crippen LogP contribution is -2.15. The molecule has 5 nitrogen and oxygen atoms in total. The first-order valence-corrected chi connectivity index (χ1v) is 7.49. The fourth-order valence-electron chi connectivity index (χ4n) is 2.01. The molecule has 3 rings (SSSR count). The van der Waals surface area contributed by atoms with Crippen molar-refractivity contribution < 1.29 is 9.47 Å². The average Bonchev–Trinajstić information content (AvgIpc) is 2.49. The summed E-state index contributed by atoms with van der Waals surface area (Å²) in [6.45, 7) is 2.06. The van der Waals surface area contributed by atoms with Gasteiger partial charge in [0.05, 0.1) is 3.57 Å². The third kappa shape index (κ3) is 3.12. The number of nitrogens with one attached hydrogen (secondary N) is 1. The van der Waals surface area contributed by atoms with Crippen LogP contribution in [0.25, 0.3) is 0 Å². The molecule has 0 atom stereocenters. The van der Waals surface area contributed by atoms with Gasteiger partial charge in [0.25, 0.3) is 0 Å². The molecule has 1 aromatic heterocycles. The van der Waals surface area contributed by atoms with Crippen LogP contribution in [0, 0.1) is 3.57 Å². The standard InChI is InChI=1S/C14H14IN3O2/c15-11-8-16-9-18-14(11)17-4-3-10-1-2-12-13(7-10)20-6-5-19-12/h1-2,7-9H,3-6H2,(H,16,17,18). The highest BCUT2D eigenvalue weighted by molar-refractivity contribution is 14.1. The fourth-order valence-corrected chi connectivity index (χ4v) is 2.50. The van der Waals surface area contributed by atoms with E-state index in [1.807, 2.05) is 12.1 Å². The molecule has 0 saturated carbocycles. The first-order chi connectivity index (χ1) is 9.83. The summed E-state index contributed by atoms with van der Waals surface area (Å²) in [5.41, 5.74) is 1.21. The van der Waals surface area contributed by atoms with Crippen LogP contribution >= 0.6 is 22.6 Å². The first kappa shape index (κ1) is 13.4. The molecule has 1 aliphatic heterocycles. The summed E-state index contributed by atoms with van der Waals surface area (Å²) < 4.78 is 12.1. The van der Waals surface area contributed by atoms with Crippen molar-refractivity contribution in [3.63, 3.8) is 0 Å². The number of rotatable bonds is 4. The van der Waals surface area contributed by atoms with E-state index in [4.69, 9.17) is 9.47 Å². The summed E-state index contributed by atoms with van der Waals surface area (Å²) in [4.78, 5) is 8.18. The van der Waals surface area contributed by atoms with Crippen molar-refractivity contribution >= 4 is 28.4 Å². The molecule has 2 aromatic rings. The van der Waals surface area contributed by atoms with E-state index in [1.165, 1.54) is 5.56 Å². The summed E-state index contributed by atoms with van der Waals surface area (Å²) in [6.07, 6.45) is 4.24. The molecule has 6 heteroatoms. The fraction of sp³-hybridized carbons (Fsp3) is 0.286. The second-order valence-electron chi connectivity index (χ2n) is 4.37. The molecule has 104 valence electrons. The van der Waals surface area contributed by atoms with Crippen LogP contribution in [0.3, 0.4) is 0 Å². The quantitative estimate of drug-likeness (QED) is 0.823. The molecule has 0 bridgehead atoms. The monoisotopic (exact) mass is 383 g/mol. The van der Waals surface area contributed by atoms with E-state index in [0.717, 1.165) is 33.9 Å². The zero-order valence-electron chi connectivity index (χ0n) is 10.8. The molecule has 2 heterocycles. The van der Waals surface area contributed by atoms with Crippen molar-refractivity contribution in [3.8, 4) is 11.5 Å². The lowest BCUT2D eigenvalue weighted by atomic mass is 10.1. The second-order valence-corrected chi connectivity index (χ2v) is 5.54. The summed E-state index contributed by atoms with van der Waals surface area (Å²) in [6, 6.07) is 6.08. The molecular formula is C14H14IN3O2. The lowest BCUT2D eigenvalue weighted by molar-refractivity contribution is 0.171. The molecule has 1 aromatic carbocycles. The van der Waals surface area contributed by atoms with Gasteiger partial charge in [0, 0.05) is 12.7 Å². The van der Waals surface area contributed by atoms with Crippen LogP contribution in [0.4, 0.5) is 5.82 Å². The number of hydrogen-bond donors (Lipinski definition) is 1. The molecule has 0 amide bonds. The topological polar surface area (TPSA) is 56.3 Å². The van der Waals surface area contributed by atoms with Crippen LogP contribution in [-0.2, 0) is 6.42 Å². The SMILES string of the molecule is Ic1cncnc1NCCc1ccc2c(c1)OCCO2. The predicted octanol–water partition coefficient (Wildman–Crippen LogP) is 2.51. The normalized spacial score (nSPS) is 13.1. The average molecular weight is 383 g/mol. The van der Waals surface area contributed by atoms with Crippen LogP contribution in [0.2, 0.25) is 0 Å². The van der Waals surface area contributed by atoms with Gasteiger partial charge in [-0.15, -0.1) is 0 Å². The third-order valence-corrected chi connectivity index (χ3v) is 3.77. The van der Waals surface area contributed by atoms with Crippen molar-refractivity contribution in [1.29, 1.82) is 0 Å². The number of fused-ring (bicyclic) bond motifs is 1. The van der Waals surface area contributed by atoms with Crippen molar-refractivity contribution in [2.75, 3.05) is 25.1 Å². The summed E-state index contributed by atoms with van der Waals surface area (Å²) in [5.74, 6) is 2.54. The number of benzene rings is 1. The zero-order chi connectivity index (χ0) is 13.8. The lowest BCUT2D eigenvalue weighted by Gasteiger charge is -2.19. The number of aromatic nitrogens is 2. The highest BCUT2D eigenvalue weighted by Gasteiger charge is 2.11. The molecule has 0 radical (unpaired) electrons. The van der Waals surface area contributed by atoms with Gasteiger partial charge in [0.15, 0.2) is 11.5 Å². The molecule has 1 aliphatic rings. The number of halogens is 1. The first-order valence-electron chi connectivity index (χ1n) is 6.41. The van der Waals surface area contributed by atoms with Crippen molar-refractivity contribution in [3.05, 3.63) is 39.9 Å². The van der Waals surface area contributed by atoms with E-state index in [-0.39, 0.29) is 0 Å². The molecule has 0 fully saturated rings. The van der Waals surface area contributed by atoms with Crippen LogP contribution in [0.5, 0.6) is 11.5 Å². The summed E-state index contributed by atoms with van der Waals surface area (Å²) in [7, 11) is 0. The molecule has 0 aliphatic carbocycles. The second kappa shape index (κ2) is 6.25. The Kier molecular flexibility index (Phi) is 4.19. The molecule has 0 spiro atoms. The minimum Gasteiger partial charge on any atom is -0.486 e. The van der Waals surface area contributed by atoms with E-state index >= 15 is 0 Å². The minimum absolute atomic E-state index is 0.619. The zero-order valence-corrected chi connectivity index (χ0v) is 13.0. The van der Waals surface area contributed by atoms with Crippen LogP contribution < -0.4 is 14.8 Å². The van der Waals surface area contributed by atoms with E-state index in [0.29, 0.717) is 13.2 Å². The van der Waals surface area contributed by atoms with Gasteiger partial charge >= 0.3 is 0 Å². The van der Waals surface area contributed by atoms with E-state index in [1.54, 1.807) is 12.5 Å². The highest BCUT2D eigenvalue weighted by Crippen LogP contribution is 2.30. The van der Waals surface area contributed by atoms with Gasteiger partial charge in [-0.3, -0.25) is 0 Å². The summed E-state index contributed by atoms with van der Waals surface area (Å²) in [5, 5.41) is 3.31. The predicted molar refractivity (Wildman–Crippen MR) is 84.4 cm³/mol. The van der Waals surface area contributed by atoms with Crippen molar-refractivity contribution in [2.45, 2.75) is 6.42 Å². The Hall–Kier alpha value is -1.57. The number of hydrogen-bond acceptors (Lipinski definition) is 5. The van der Waals surface area contributed by atoms with E-state index < -0.39 is 0 Å². The maximum atomic E-state index is 5.58. The molecule has 0 saturated heterocycles. The Morgan fingerprint density at radius 3 is 2.90 bits per heavy atom. The van der Waals surface area contributed by atoms with Gasteiger partial charge in [0.2, 0.25) is 0 Å². The number of anilines is 1. The molecule has 20 heavy (non-hydrogen) atoms. The highest BCUT2D eigenvalue weighted by atomic mass is 127. The van der Waals surface area contributed by atoms with E-state index in [9.17, 15) is 0 Å². The molecule has 0 unspecified atom stereocenters. The minimum atomic E-state index is 0.619. The molecule has 1 N–H and O–H groups in total. The maximum absolute atomic E-state index is 5.58. The van der Waals surface area contributed by atoms with Gasteiger partial charge < -0.3 is 14.8 Å². The summed E-state index contributed by atoms with van der Waals surface area (Å²) >= 11 is 2.22. The Morgan fingerprint density at radius 1 is 1.20 bits per heavy atom. The van der Waals surface area contributed by atoms with Gasteiger partial charge in [-0.25, -0.2) is 9.97 Å². The van der Waals surface area contributed by atoms with Crippen molar-refractivity contribution in [2.24, 2.45) is 0 Å². The van der Waals surface area contributed by atoms with Crippen LogP contribution in [0.1, 0.15) is 5.56 Å². The van der Waals surface area contributed by atoms with Crippen LogP contribution in [-0.4, -0.2) is 29.7 Å². The van der Waals surface area contributed by atoms with Crippen LogP contribution in [0.15, 0.2) is 30.7 Å². The van der Waals surface area contributed by atoms with Gasteiger partial charge in [-0.05, 0) is 46.7 Å². The number of ether oxygens (including phenoxy) is 2. The van der Waals surface area contributed by atoms with Gasteiger partial charge in [-0.2, -0.15) is 0 Å². The number of nitrogens with zero attached hydrogens (tertiary/aromatic N) is 2. The Labute approximate surface area is 130 Å². The molecular weight excluding hydrogens is 369 g/mol. The Bertz CT molecular complexity index is 607. The van der Waals surface area contributed by atoms with Gasteiger partial charge in [0.1, 0.15) is 25.4 Å². The van der Waals surface area contributed by atoms with Gasteiger partial charge in [-0.1, -0.05) is 6.07 Å². The third-order valence-electron chi connectivity index (χ3n) is 2.98. The Morgan fingerprint density at radius 2 is 2.05 bits per heavy atom. The largest absolute Gasteiger partial charge is 0.486 e.